The first-order valence-electron chi connectivity index (χ1n) is 15.4. The Morgan fingerprint density at radius 2 is 1.57 bits per heavy atom. The van der Waals surface area contributed by atoms with E-state index >= 15 is 0 Å². The summed E-state index contributed by atoms with van der Waals surface area (Å²) in [5, 5.41) is 0. The number of nitrogens with zero attached hydrogens (tertiary/aromatic N) is 5. The normalized spacial score (nSPS) is 25.8. The minimum atomic E-state index is -1.31. The third-order valence-corrected chi connectivity index (χ3v) is 12.0. The number of methoxy groups -OCH3 is 1. The van der Waals surface area contributed by atoms with Crippen LogP contribution < -0.4 is 4.74 Å². The van der Waals surface area contributed by atoms with E-state index in [1.54, 1.807) is 11.4 Å². The van der Waals surface area contributed by atoms with Gasteiger partial charge in [-0.05, 0) is 121 Å². The molecule has 0 bridgehead atoms. The van der Waals surface area contributed by atoms with E-state index in [4.69, 9.17) is 4.74 Å². The number of ether oxygens (including phenoxy) is 1. The molecule has 8 nitrogen and oxygen atoms in total. The third kappa shape index (κ3) is 6.59. The van der Waals surface area contributed by atoms with Crippen molar-refractivity contribution in [2.45, 2.75) is 75.8 Å². The molecular weight excluding hydrogens is 522 g/mol. The van der Waals surface area contributed by atoms with Crippen LogP contribution in [-0.2, 0) is 15.8 Å². The first kappa shape index (κ1) is 30.0. The highest BCUT2D eigenvalue weighted by Gasteiger charge is 2.41. The van der Waals surface area contributed by atoms with Crippen LogP contribution in [0.5, 0.6) is 5.75 Å². The van der Waals surface area contributed by atoms with Crippen LogP contribution in [0, 0.1) is 19.3 Å². The second kappa shape index (κ2) is 12.8. The van der Waals surface area contributed by atoms with Gasteiger partial charge in [0.1, 0.15) is 16.7 Å². The second-order valence-corrected chi connectivity index (χ2v) is 14.5. The maximum absolute atomic E-state index is 13.3. The molecule has 5 rings (SSSR count). The van der Waals surface area contributed by atoms with Gasteiger partial charge in [-0.15, -0.1) is 0 Å². The molecule has 1 spiro atoms. The molecule has 0 radical (unpaired) electrons. The predicted octanol–water partition coefficient (Wildman–Crippen LogP) is 3.14. The summed E-state index contributed by atoms with van der Waals surface area (Å²) in [4.78, 5) is 23.9. The molecule has 4 aliphatic heterocycles. The van der Waals surface area contributed by atoms with E-state index < -0.39 is 11.0 Å². The van der Waals surface area contributed by atoms with Crippen LogP contribution in [0.25, 0.3) is 0 Å². The van der Waals surface area contributed by atoms with Gasteiger partial charge in [0, 0.05) is 51.7 Å². The molecule has 1 aromatic carbocycles. The van der Waals surface area contributed by atoms with Crippen molar-refractivity contribution in [3.05, 3.63) is 23.3 Å². The number of rotatable bonds is 8. The molecular formula is C31H51N5O3S. The number of amides is 1. The van der Waals surface area contributed by atoms with Crippen LogP contribution in [0.2, 0.25) is 0 Å². The maximum Gasteiger partial charge on any atom is 0.223 e. The summed E-state index contributed by atoms with van der Waals surface area (Å²) >= 11 is 0. The Labute approximate surface area is 244 Å². The molecule has 2 atom stereocenters. The average molecular weight is 574 g/mol. The lowest BCUT2D eigenvalue weighted by molar-refractivity contribution is -0.130. The molecule has 4 saturated heterocycles. The standard InChI is InChI=1S/C31H51N5O3S/c1-24-20-28(39-5)21-25(2)30(24)40(38)33(4)13-9-29(37)36-16-8-27(22-36)34-14-6-26(7-15-34)35-18-11-31(12-19-35)10-17-32(3)23-31/h20-21,26-27H,6-19,22-23H2,1-5H3. The fraction of sp³-hybridized carbons (Fsp3) is 0.774. The van der Waals surface area contributed by atoms with E-state index in [1.165, 1.54) is 58.3 Å². The Morgan fingerprint density at radius 1 is 0.975 bits per heavy atom. The van der Waals surface area contributed by atoms with Gasteiger partial charge in [-0.25, -0.2) is 8.51 Å². The topological polar surface area (TPSA) is 59.6 Å². The fourth-order valence-corrected chi connectivity index (χ4v) is 9.00. The minimum Gasteiger partial charge on any atom is -0.497 e. The Balaban J connectivity index is 1.04. The highest BCUT2D eigenvalue weighted by molar-refractivity contribution is 7.82. The Morgan fingerprint density at radius 3 is 2.17 bits per heavy atom. The summed E-state index contributed by atoms with van der Waals surface area (Å²) in [6.07, 6.45) is 8.14. The number of benzene rings is 1. The van der Waals surface area contributed by atoms with Crippen LogP contribution in [0.1, 0.15) is 56.1 Å². The number of hydrogen-bond donors (Lipinski definition) is 0. The molecule has 9 heteroatoms. The van der Waals surface area contributed by atoms with Crippen molar-refractivity contribution in [3.8, 4) is 5.75 Å². The quantitative estimate of drug-likeness (QED) is 0.476. The molecule has 40 heavy (non-hydrogen) atoms. The van der Waals surface area contributed by atoms with Crippen molar-refractivity contribution >= 4 is 16.9 Å². The summed E-state index contributed by atoms with van der Waals surface area (Å²) in [6, 6.07) is 5.06. The van der Waals surface area contributed by atoms with Crippen LogP contribution in [-0.4, -0.2) is 126 Å². The molecule has 2 unspecified atom stereocenters. The molecule has 4 aliphatic rings. The van der Waals surface area contributed by atoms with E-state index in [1.807, 2.05) is 37.9 Å². The van der Waals surface area contributed by atoms with E-state index in [2.05, 4.69) is 21.7 Å². The van der Waals surface area contributed by atoms with Gasteiger partial charge in [0.15, 0.2) is 0 Å². The maximum atomic E-state index is 13.3. The van der Waals surface area contributed by atoms with Crippen molar-refractivity contribution in [1.82, 2.24) is 23.9 Å². The molecule has 224 valence electrons. The lowest BCUT2D eigenvalue weighted by Crippen LogP contribution is -2.52. The van der Waals surface area contributed by atoms with Crippen molar-refractivity contribution in [2.24, 2.45) is 5.41 Å². The molecule has 0 N–H and O–H groups in total. The van der Waals surface area contributed by atoms with Gasteiger partial charge >= 0.3 is 0 Å². The molecule has 4 heterocycles. The zero-order chi connectivity index (χ0) is 28.4. The molecule has 0 aliphatic carbocycles. The van der Waals surface area contributed by atoms with Gasteiger partial charge in [0.05, 0.1) is 12.0 Å². The highest BCUT2D eigenvalue weighted by atomic mass is 32.2. The van der Waals surface area contributed by atoms with Gasteiger partial charge in [-0.2, -0.15) is 0 Å². The monoisotopic (exact) mass is 573 g/mol. The minimum absolute atomic E-state index is 0.184. The van der Waals surface area contributed by atoms with Crippen LogP contribution in [0.15, 0.2) is 17.0 Å². The molecule has 4 fully saturated rings. The predicted molar refractivity (Wildman–Crippen MR) is 161 cm³/mol. The number of hydrogen-bond acceptors (Lipinski definition) is 6. The molecule has 0 aromatic heterocycles. The van der Waals surface area contributed by atoms with Gasteiger partial charge in [0.2, 0.25) is 5.91 Å². The van der Waals surface area contributed by atoms with E-state index in [0.717, 1.165) is 60.4 Å². The lowest BCUT2D eigenvalue weighted by atomic mass is 9.77. The van der Waals surface area contributed by atoms with Gasteiger partial charge in [0.25, 0.3) is 0 Å². The van der Waals surface area contributed by atoms with Gasteiger partial charge in [-0.1, -0.05) is 0 Å². The van der Waals surface area contributed by atoms with Gasteiger partial charge in [-0.3, -0.25) is 9.69 Å². The Kier molecular flexibility index (Phi) is 9.57. The van der Waals surface area contributed by atoms with Gasteiger partial charge < -0.3 is 19.4 Å². The third-order valence-electron chi connectivity index (χ3n) is 10.3. The average Bonchev–Trinajstić information content (AvgIpc) is 3.59. The van der Waals surface area contributed by atoms with Crippen molar-refractivity contribution < 1.29 is 13.7 Å². The van der Waals surface area contributed by atoms with E-state index in [9.17, 15) is 9.00 Å². The highest BCUT2D eigenvalue weighted by Crippen LogP contribution is 2.41. The second-order valence-electron chi connectivity index (χ2n) is 13.0. The summed E-state index contributed by atoms with van der Waals surface area (Å²) in [7, 11) is 4.46. The largest absolute Gasteiger partial charge is 0.497 e. The van der Waals surface area contributed by atoms with Crippen molar-refractivity contribution in [1.29, 1.82) is 0 Å². The zero-order valence-corrected chi connectivity index (χ0v) is 26.3. The van der Waals surface area contributed by atoms with E-state index in [0.29, 0.717) is 24.4 Å². The summed E-state index contributed by atoms with van der Waals surface area (Å²) in [5.41, 5.74) is 2.50. The summed E-state index contributed by atoms with van der Waals surface area (Å²) in [5.74, 6) is 0.961. The molecule has 1 amide bonds. The fourth-order valence-electron chi connectivity index (χ4n) is 7.77. The summed E-state index contributed by atoms with van der Waals surface area (Å²) in [6.45, 7) is 13.5. The number of piperidine rings is 2. The SMILES string of the molecule is COc1cc(C)c(S(=O)N(C)CCC(=O)N2CCC(N3CCC(N4CCC5(CCN(C)C5)CC4)CC3)C2)c(C)c1. The Hall–Kier alpha value is -1.52. The number of carbonyl (C=O) groups is 1. The zero-order valence-electron chi connectivity index (χ0n) is 25.5. The van der Waals surface area contributed by atoms with Crippen LogP contribution >= 0.6 is 0 Å². The molecule has 0 saturated carbocycles. The number of aryl methyl sites for hydroxylation is 2. The van der Waals surface area contributed by atoms with E-state index in [-0.39, 0.29) is 5.91 Å². The lowest BCUT2D eigenvalue weighted by Gasteiger charge is -2.46. The van der Waals surface area contributed by atoms with Crippen LogP contribution in [0.4, 0.5) is 0 Å². The first-order chi connectivity index (χ1) is 19.2. The van der Waals surface area contributed by atoms with Crippen LogP contribution in [0.3, 0.4) is 0 Å². The van der Waals surface area contributed by atoms with Crippen molar-refractivity contribution in [2.75, 3.05) is 80.1 Å². The van der Waals surface area contributed by atoms with Crippen molar-refractivity contribution in [3.63, 3.8) is 0 Å². The number of likely N-dealkylation sites (tertiary alicyclic amines) is 4. The first-order valence-corrected chi connectivity index (χ1v) is 16.5. The smallest absolute Gasteiger partial charge is 0.223 e. The Bertz CT molecular complexity index is 1040. The summed E-state index contributed by atoms with van der Waals surface area (Å²) < 4.78 is 20.4. The number of carbonyl (C=O) groups excluding carboxylic acids is 1. The molecule has 1 aromatic rings.